The molecule has 3 heteroatoms. The molecule has 0 bridgehead atoms. The zero-order valence-corrected chi connectivity index (χ0v) is 12.5. The van der Waals surface area contributed by atoms with Gasteiger partial charge >= 0.3 is 0 Å². The number of hydrogen-bond acceptors (Lipinski definition) is 3. The summed E-state index contributed by atoms with van der Waals surface area (Å²) in [5.74, 6) is 0. The summed E-state index contributed by atoms with van der Waals surface area (Å²) in [5, 5.41) is 13.4. The van der Waals surface area contributed by atoms with Gasteiger partial charge < -0.3 is 0 Å². The van der Waals surface area contributed by atoms with Gasteiger partial charge in [-0.05, 0) is 49.7 Å². The molecule has 1 aromatic rings. The molecule has 1 aromatic carbocycles. The Hall–Kier alpha value is -1.37. The first-order chi connectivity index (χ1) is 10.3. The molecule has 0 amide bonds. The van der Waals surface area contributed by atoms with Crippen LogP contribution in [0.5, 0.6) is 0 Å². The number of nitrogens with one attached hydrogen (secondary N) is 1. The molecule has 3 nitrogen and oxygen atoms in total. The largest absolute Gasteiger partial charge is 0.297 e. The first-order valence-corrected chi connectivity index (χ1v) is 8.28. The molecule has 21 heavy (non-hydrogen) atoms. The smallest absolute Gasteiger partial charge is 0.108 e. The minimum atomic E-state index is -0.265. The topological polar surface area (TPSA) is 39.1 Å². The molecule has 0 spiro atoms. The van der Waals surface area contributed by atoms with Crippen molar-refractivity contribution in [2.75, 3.05) is 0 Å². The van der Waals surface area contributed by atoms with Crippen LogP contribution in [0.15, 0.2) is 24.3 Å². The standard InChI is InChI=1S/C18H23N3/c19-13-18(20-16-7-8-16)9-3-6-17(10-18)21-11-14-4-1-2-5-15(14)12-21/h1-2,4-5,16-17,20H,3,6-12H2. The fourth-order valence-corrected chi connectivity index (χ4v) is 4.06. The Morgan fingerprint density at radius 3 is 2.48 bits per heavy atom. The lowest BCUT2D eigenvalue weighted by Gasteiger charge is -2.40. The van der Waals surface area contributed by atoms with Crippen molar-refractivity contribution in [1.82, 2.24) is 10.2 Å². The van der Waals surface area contributed by atoms with Crippen LogP contribution in [0, 0.1) is 11.3 Å². The molecule has 4 rings (SSSR count). The molecule has 1 heterocycles. The van der Waals surface area contributed by atoms with Crippen molar-refractivity contribution in [3.05, 3.63) is 35.4 Å². The molecule has 0 aromatic heterocycles. The maximum atomic E-state index is 9.72. The van der Waals surface area contributed by atoms with Gasteiger partial charge in [0.15, 0.2) is 0 Å². The van der Waals surface area contributed by atoms with E-state index in [1.54, 1.807) is 0 Å². The second-order valence-electron chi connectivity index (χ2n) is 7.04. The van der Waals surface area contributed by atoms with Crippen molar-refractivity contribution in [3.8, 4) is 6.07 Å². The zero-order valence-electron chi connectivity index (χ0n) is 12.5. The van der Waals surface area contributed by atoms with Gasteiger partial charge in [0.1, 0.15) is 5.54 Å². The lowest BCUT2D eigenvalue weighted by Crippen LogP contribution is -2.52. The first-order valence-electron chi connectivity index (χ1n) is 8.28. The van der Waals surface area contributed by atoms with Gasteiger partial charge in [0.25, 0.3) is 0 Å². The highest BCUT2D eigenvalue weighted by Gasteiger charge is 2.42. The van der Waals surface area contributed by atoms with Crippen molar-refractivity contribution in [3.63, 3.8) is 0 Å². The van der Waals surface area contributed by atoms with Crippen molar-refractivity contribution in [1.29, 1.82) is 5.26 Å². The third-order valence-electron chi connectivity index (χ3n) is 5.38. The quantitative estimate of drug-likeness (QED) is 0.926. The maximum Gasteiger partial charge on any atom is 0.108 e. The average Bonchev–Trinajstić information content (AvgIpc) is 3.21. The van der Waals surface area contributed by atoms with E-state index in [0.29, 0.717) is 12.1 Å². The molecule has 1 aliphatic heterocycles. The summed E-state index contributed by atoms with van der Waals surface area (Å²) in [6.07, 6.45) is 6.94. The molecule has 0 radical (unpaired) electrons. The van der Waals surface area contributed by atoms with E-state index in [1.165, 1.54) is 36.8 Å². The van der Waals surface area contributed by atoms with Crippen molar-refractivity contribution < 1.29 is 0 Å². The number of rotatable bonds is 3. The van der Waals surface area contributed by atoms with Crippen molar-refractivity contribution >= 4 is 0 Å². The van der Waals surface area contributed by atoms with Crippen LogP contribution in [0.1, 0.15) is 49.7 Å². The maximum absolute atomic E-state index is 9.72. The van der Waals surface area contributed by atoms with Gasteiger partial charge in [0.2, 0.25) is 0 Å². The van der Waals surface area contributed by atoms with Crippen LogP contribution in [-0.2, 0) is 13.1 Å². The minimum absolute atomic E-state index is 0.265. The Bertz CT molecular complexity index is 547. The Morgan fingerprint density at radius 2 is 1.86 bits per heavy atom. The molecule has 2 aliphatic carbocycles. The van der Waals surface area contributed by atoms with E-state index < -0.39 is 0 Å². The normalized spacial score (nSPS) is 32.6. The number of nitrogens with zero attached hydrogens (tertiary/aromatic N) is 2. The number of nitriles is 1. The third kappa shape index (κ3) is 2.59. The Labute approximate surface area is 126 Å². The van der Waals surface area contributed by atoms with E-state index in [4.69, 9.17) is 0 Å². The van der Waals surface area contributed by atoms with Crippen LogP contribution < -0.4 is 5.32 Å². The summed E-state index contributed by atoms with van der Waals surface area (Å²) in [4.78, 5) is 2.59. The van der Waals surface area contributed by atoms with Gasteiger partial charge in [0.05, 0.1) is 6.07 Å². The summed E-state index contributed by atoms with van der Waals surface area (Å²) in [7, 11) is 0. The second-order valence-corrected chi connectivity index (χ2v) is 7.04. The van der Waals surface area contributed by atoms with Crippen LogP contribution in [0.2, 0.25) is 0 Å². The minimum Gasteiger partial charge on any atom is -0.297 e. The molecule has 2 atom stereocenters. The van der Waals surface area contributed by atoms with Crippen LogP contribution >= 0.6 is 0 Å². The monoisotopic (exact) mass is 281 g/mol. The molecule has 110 valence electrons. The molecule has 0 saturated heterocycles. The third-order valence-corrected chi connectivity index (χ3v) is 5.38. The molecular weight excluding hydrogens is 258 g/mol. The second kappa shape index (κ2) is 5.12. The summed E-state index contributed by atoms with van der Waals surface area (Å²) < 4.78 is 0. The Morgan fingerprint density at radius 1 is 1.14 bits per heavy atom. The number of fused-ring (bicyclic) bond motifs is 1. The highest BCUT2D eigenvalue weighted by molar-refractivity contribution is 5.30. The number of hydrogen-bond donors (Lipinski definition) is 1. The number of benzene rings is 1. The van der Waals surface area contributed by atoms with Crippen LogP contribution in [-0.4, -0.2) is 22.5 Å². The summed E-state index contributed by atoms with van der Waals surface area (Å²) >= 11 is 0. The van der Waals surface area contributed by atoms with Crippen LogP contribution in [0.25, 0.3) is 0 Å². The van der Waals surface area contributed by atoms with Crippen LogP contribution in [0.3, 0.4) is 0 Å². The lowest BCUT2D eigenvalue weighted by molar-refractivity contribution is 0.118. The zero-order chi connectivity index (χ0) is 14.3. The van der Waals surface area contributed by atoms with E-state index >= 15 is 0 Å². The SMILES string of the molecule is N#CC1(NC2CC2)CCCC(N2Cc3ccccc3C2)C1. The van der Waals surface area contributed by atoms with E-state index in [9.17, 15) is 5.26 Å². The molecule has 2 fully saturated rings. The summed E-state index contributed by atoms with van der Waals surface area (Å²) in [5.41, 5.74) is 2.68. The van der Waals surface area contributed by atoms with E-state index in [-0.39, 0.29) is 5.54 Å². The van der Waals surface area contributed by atoms with Crippen molar-refractivity contribution in [2.24, 2.45) is 0 Å². The van der Waals surface area contributed by atoms with Gasteiger partial charge in [-0.15, -0.1) is 0 Å². The van der Waals surface area contributed by atoms with Crippen LogP contribution in [0.4, 0.5) is 0 Å². The molecular formula is C18H23N3. The summed E-state index contributed by atoms with van der Waals surface area (Å²) in [6, 6.07) is 12.6. The van der Waals surface area contributed by atoms with E-state index in [2.05, 4.69) is 40.6 Å². The average molecular weight is 281 g/mol. The van der Waals surface area contributed by atoms with E-state index in [0.717, 1.165) is 25.9 Å². The fraction of sp³-hybridized carbons (Fsp3) is 0.611. The highest BCUT2D eigenvalue weighted by Crippen LogP contribution is 2.37. The van der Waals surface area contributed by atoms with Gasteiger partial charge in [-0.25, -0.2) is 0 Å². The van der Waals surface area contributed by atoms with Gasteiger partial charge in [-0.2, -0.15) is 5.26 Å². The van der Waals surface area contributed by atoms with Gasteiger partial charge in [-0.3, -0.25) is 10.2 Å². The van der Waals surface area contributed by atoms with Gasteiger partial charge in [0, 0.05) is 25.2 Å². The predicted octanol–water partition coefficient (Wildman–Crippen LogP) is 2.96. The molecule has 2 unspecified atom stereocenters. The highest BCUT2D eigenvalue weighted by atomic mass is 15.2. The molecule has 3 aliphatic rings. The van der Waals surface area contributed by atoms with Crippen molar-refractivity contribution in [2.45, 2.75) is 69.2 Å². The predicted molar refractivity (Wildman–Crippen MR) is 82.4 cm³/mol. The summed E-state index contributed by atoms with van der Waals surface area (Å²) in [6.45, 7) is 2.12. The first kappa shape index (κ1) is 13.3. The van der Waals surface area contributed by atoms with E-state index in [1.807, 2.05) is 0 Å². The lowest BCUT2D eigenvalue weighted by atomic mass is 9.79. The molecule has 1 N–H and O–H groups in total. The Balaban J connectivity index is 1.48. The Kier molecular flexibility index (Phi) is 3.24. The molecule has 2 saturated carbocycles. The van der Waals surface area contributed by atoms with Gasteiger partial charge in [-0.1, -0.05) is 24.3 Å². The fourth-order valence-electron chi connectivity index (χ4n) is 4.06.